The summed E-state index contributed by atoms with van der Waals surface area (Å²) in [5, 5.41) is 13.1. The van der Waals surface area contributed by atoms with Crippen molar-refractivity contribution < 1.29 is 28.6 Å². The molecule has 2 aromatic carbocycles. The number of benzene rings is 2. The van der Waals surface area contributed by atoms with Crippen molar-refractivity contribution in [2.75, 3.05) is 14.2 Å². The smallest absolute Gasteiger partial charge is 0.295 e. The van der Waals surface area contributed by atoms with Crippen LogP contribution in [0, 0.1) is 5.82 Å². The Labute approximate surface area is 188 Å². The molecule has 0 bridgehead atoms. The molecule has 1 aliphatic heterocycles. The number of hydrogen-bond donors (Lipinski definition) is 1. The van der Waals surface area contributed by atoms with Crippen LogP contribution in [0.15, 0.2) is 65.6 Å². The number of amides is 1. The van der Waals surface area contributed by atoms with Crippen LogP contribution in [-0.4, -0.2) is 35.9 Å². The number of nitrogens with zero attached hydrogens (tertiary/aromatic N) is 1. The fourth-order valence-corrected chi connectivity index (χ4v) is 4.56. The quantitative estimate of drug-likeness (QED) is 0.337. The molecule has 1 amide bonds. The van der Waals surface area contributed by atoms with Crippen LogP contribution in [0.25, 0.3) is 5.76 Å². The van der Waals surface area contributed by atoms with Crippen molar-refractivity contribution in [1.82, 2.24) is 4.90 Å². The van der Waals surface area contributed by atoms with E-state index in [-0.39, 0.29) is 34.7 Å². The van der Waals surface area contributed by atoms with Gasteiger partial charge in [0.15, 0.2) is 0 Å². The molecule has 0 radical (unpaired) electrons. The maximum atomic E-state index is 14.9. The molecular weight excluding hydrogens is 433 g/mol. The van der Waals surface area contributed by atoms with E-state index >= 15 is 0 Å². The number of likely N-dealkylation sites (tertiary alicyclic amines) is 1. The molecule has 0 spiro atoms. The predicted octanol–water partition coefficient (Wildman–Crippen LogP) is 4.53. The highest BCUT2D eigenvalue weighted by atomic mass is 32.1. The SMILES string of the molecule is COc1cccc(OC)c1/C(O)=C1\C(=O)C(=O)N(Cc2cccs2)C1c1ccccc1F. The Morgan fingerprint density at radius 1 is 1.03 bits per heavy atom. The molecule has 1 atom stereocenters. The lowest BCUT2D eigenvalue weighted by Gasteiger charge is -2.25. The molecule has 1 aliphatic rings. The zero-order valence-corrected chi connectivity index (χ0v) is 18.2. The van der Waals surface area contributed by atoms with Crippen LogP contribution in [0.3, 0.4) is 0 Å². The van der Waals surface area contributed by atoms with Gasteiger partial charge in [-0.3, -0.25) is 9.59 Å². The topological polar surface area (TPSA) is 76.1 Å². The predicted molar refractivity (Wildman–Crippen MR) is 118 cm³/mol. The van der Waals surface area contributed by atoms with Crippen LogP contribution in [0.2, 0.25) is 0 Å². The first-order valence-electron chi connectivity index (χ1n) is 9.74. The van der Waals surface area contributed by atoms with Crippen molar-refractivity contribution in [2.24, 2.45) is 0 Å². The number of carbonyl (C=O) groups is 2. The number of aliphatic hydroxyl groups excluding tert-OH is 1. The van der Waals surface area contributed by atoms with Crippen LogP contribution >= 0.6 is 11.3 Å². The largest absolute Gasteiger partial charge is 0.506 e. The van der Waals surface area contributed by atoms with Gasteiger partial charge in [-0.05, 0) is 29.6 Å². The molecule has 164 valence electrons. The second-order valence-electron chi connectivity index (χ2n) is 7.07. The molecule has 3 aromatic rings. The Balaban J connectivity index is 1.96. The second-order valence-corrected chi connectivity index (χ2v) is 8.10. The number of carbonyl (C=O) groups excluding carboxylic acids is 2. The molecule has 4 rings (SSSR count). The van der Waals surface area contributed by atoms with E-state index in [1.165, 1.54) is 48.7 Å². The van der Waals surface area contributed by atoms with Crippen LogP contribution < -0.4 is 9.47 Å². The van der Waals surface area contributed by atoms with Gasteiger partial charge in [0.2, 0.25) is 0 Å². The first-order valence-corrected chi connectivity index (χ1v) is 10.6. The molecule has 0 aliphatic carbocycles. The summed E-state index contributed by atoms with van der Waals surface area (Å²) in [6, 6.07) is 13.3. The van der Waals surface area contributed by atoms with E-state index in [9.17, 15) is 19.1 Å². The highest BCUT2D eigenvalue weighted by Crippen LogP contribution is 2.44. The van der Waals surface area contributed by atoms with E-state index in [0.29, 0.717) is 0 Å². The van der Waals surface area contributed by atoms with E-state index < -0.39 is 29.3 Å². The summed E-state index contributed by atoms with van der Waals surface area (Å²) in [4.78, 5) is 28.3. The van der Waals surface area contributed by atoms with E-state index in [0.717, 1.165) is 4.88 Å². The first-order chi connectivity index (χ1) is 15.5. The average Bonchev–Trinajstić information content (AvgIpc) is 3.41. The molecule has 1 saturated heterocycles. The van der Waals surface area contributed by atoms with E-state index in [1.807, 2.05) is 17.5 Å². The highest BCUT2D eigenvalue weighted by molar-refractivity contribution is 7.09. The number of Topliss-reactive ketones (excluding diaryl/α,β-unsaturated/α-hetero) is 1. The number of aliphatic hydroxyl groups is 1. The zero-order valence-electron chi connectivity index (χ0n) is 17.4. The van der Waals surface area contributed by atoms with Crippen molar-refractivity contribution in [3.05, 3.63) is 87.4 Å². The van der Waals surface area contributed by atoms with Gasteiger partial charge in [-0.1, -0.05) is 30.3 Å². The Hall–Kier alpha value is -3.65. The number of hydrogen-bond acceptors (Lipinski definition) is 6. The van der Waals surface area contributed by atoms with Gasteiger partial charge in [0, 0.05) is 10.4 Å². The first kappa shape index (κ1) is 21.6. The Morgan fingerprint density at radius 2 is 1.72 bits per heavy atom. The van der Waals surface area contributed by atoms with Gasteiger partial charge in [0.05, 0.1) is 32.4 Å². The molecule has 32 heavy (non-hydrogen) atoms. The molecule has 1 unspecified atom stereocenters. The summed E-state index contributed by atoms with van der Waals surface area (Å²) < 4.78 is 25.6. The number of rotatable bonds is 6. The monoisotopic (exact) mass is 453 g/mol. The maximum absolute atomic E-state index is 14.9. The van der Waals surface area contributed by atoms with Crippen molar-refractivity contribution in [1.29, 1.82) is 0 Å². The molecule has 1 aromatic heterocycles. The molecule has 2 heterocycles. The maximum Gasteiger partial charge on any atom is 0.295 e. The molecule has 6 nitrogen and oxygen atoms in total. The fraction of sp³-hybridized carbons (Fsp3) is 0.167. The average molecular weight is 453 g/mol. The summed E-state index contributed by atoms with van der Waals surface area (Å²) in [5.74, 6) is -2.30. The van der Waals surface area contributed by atoms with Gasteiger partial charge in [-0.25, -0.2) is 4.39 Å². The van der Waals surface area contributed by atoms with E-state index in [4.69, 9.17) is 9.47 Å². The van der Waals surface area contributed by atoms with Crippen LogP contribution in [0.4, 0.5) is 4.39 Å². The van der Waals surface area contributed by atoms with Crippen molar-refractivity contribution in [3.63, 3.8) is 0 Å². The van der Waals surface area contributed by atoms with Crippen molar-refractivity contribution >= 4 is 28.8 Å². The standard InChI is InChI=1S/C24H20FNO5S/c1-30-17-10-5-11-18(31-2)19(17)22(27)20-21(15-8-3-4-9-16(15)25)26(24(29)23(20)28)13-14-7-6-12-32-14/h3-12,21,27H,13H2,1-2H3/b22-20+. The number of ether oxygens (including phenoxy) is 2. The van der Waals surface area contributed by atoms with Gasteiger partial charge in [0.1, 0.15) is 28.6 Å². The molecule has 1 N–H and O–H groups in total. The van der Waals surface area contributed by atoms with E-state index in [1.54, 1.807) is 24.3 Å². The van der Waals surface area contributed by atoms with Crippen LogP contribution in [-0.2, 0) is 16.1 Å². The normalized spacial score (nSPS) is 17.6. The van der Waals surface area contributed by atoms with Crippen LogP contribution in [0.5, 0.6) is 11.5 Å². The third-order valence-corrected chi connectivity index (χ3v) is 6.17. The molecular formula is C24H20FNO5S. The highest BCUT2D eigenvalue weighted by Gasteiger charge is 2.47. The van der Waals surface area contributed by atoms with Gasteiger partial charge < -0.3 is 19.5 Å². The van der Waals surface area contributed by atoms with Crippen molar-refractivity contribution in [2.45, 2.75) is 12.6 Å². The second kappa shape index (κ2) is 8.84. The Kier molecular flexibility index (Phi) is 5.96. The number of ketones is 1. The summed E-state index contributed by atoms with van der Waals surface area (Å²) in [6.07, 6.45) is 0. The molecule has 8 heteroatoms. The minimum atomic E-state index is -1.12. The van der Waals surface area contributed by atoms with Crippen molar-refractivity contribution in [3.8, 4) is 11.5 Å². The Bertz CT molecular complexity index is 1180. The zero-order chi connectivity index (χ0) is 22.8. The summed E-state index contributed by atoms with van der Waals surface area (Å²) in [7, 11) is 2.82. The van der Waals surface area contributed by atoms with E-state index in [2.05, 4.69) is 0 Å². The van der Waals surface area contributed by atoms with Gasteiger partial charge in [0.25, 0.3) is 11.7 Å². The lowest BCUT2D eigenvalue weighted by atomic mass is 9.94. The summed E-state index contributed by atoms with van der Waals surface area (Å²) in [5.41, 5.74) is 0.00564. The number of methoxy groups -OCH3 is 2. The van der Waals surface area contributed by atoms with Gasteiger partial charge in [-0.15, -0.1) is 11.3 Å². The summed E-state index contributed by atoms with van der Waals surface area (Å²) >= 11 is 1.42. The van der Waals surface area contributed by atoms with Gasteiger partial charge in [-0.2, -0.15) is 0 Å². The third-order valence-electron chi connectivity index (χ3n) is 5.31. The number of thiophene rings is 1. The summed E-state index contributed by atoms with van der Waals surface area (Å²) in [6.45, 7) is 0.0983. The lowest BCUT2D eigenvalue weighted by molar-refractivity contribution is -0.140. The molecule has 0 saturated carbocycles. The van der Waals surface area contributed by atoms with Crippen LogP contribution in [0.1, 0.15) is 22.0 Å². The third kappa shape index (κ3) is 3.62. The number of halogens is 1. The lowest BCUT2D eigenvalue weighted by Crippen LogP contribution is -2.29. The minimum Gasteiger partial charge on any atom is -0.506 e. The molecule has 1 fully saturated rings. The Morgan fingerprint density at radius 3 is 2.31 bits per heavy atom. The minimum absolute atomic E-state index is 0.0983. The fourth-order valence-electron chi connectivity index (χ4n) is 3.85. The van der Waals surface area contributed by atoms with Gasteiger partial charge >= 0.3 is 0 Å².